The zero-order chi connectivity index (χ0) is 12.4. The van der Waals surface area contributed by atoms with Crippen molar-refractivity contribution >= 4 is 5.69 Å². The van der Waals surface area contributed by atoms with Crippen molar-refractivity contribution in [2.75, 3.05) is 24.7 Å². The van der Waals surface area contributed by atoms with Crippen molar-refractivity contribution in [3.8, 4) is 0 Å². The molecule has 0 amide bonds. The van der Waals surface area contributed by atoms with Crippen LogP contribution in [0.25, 0.3) is 0 Å². The summed E-state index contributed by atoms with van der Waals surface area (Å²) in [4.78, 5) is 2.43. The summed E-state index contributed by atoms with van der Waals surface area (Å²) in [6.45, 7) is 5.91. The van der Waals surface area contributed by atoms with Gasteiger partial charge in [0, 0.05) is 30.9 Å². The average molecular weight is 246 g/mol. The molecule has 0 spiro atoms. The van der Waals surface area contributed by atoms with E-state index in [1.165, 1.54) is 24.1 Å². The Hall–Kier alpha value is -1.06. The van der Waals surface area contributed by atoms with Crippen LogP contribution in [0.4, 0.5) is 5.69 Å². The Balaban J connectivity index is 1.61. The van der Waals surface area contributed by atoms with E-state index in [4.69, 9.17) is 4.74 Å². The van der Waals surface area contributed by atoms with Gasteiger partial charge in [-0.15, -0.1) is 0 Å². The number of anilines is 1. The van der Waals surface area contributed by atoms with Crippen LogP contribution in [0, 0.1) is 0 Å². The molecule has 3 heteroatoms. The number of benzene rings is 1. The predicted octanol–water partition coefficient (Wildman–Crippen LogP) is 2.16. The Bertz CT molecular complexity index is 386. The Morgan fingerprint density at radius 1 is 1.28 bits per heavy atom. The Morgan fingerprint density at radius 3 is 2.72 bits per heavy atom. The molecule has 2 aliphatic rings. The fourth-order valence-electron chi connectivity index (χ4n) is 2.47. The van der Waals surface area contributed by atoms with Crippen LogP contribution < -0.4 is 10.2 Å². The Labute approximate surface area is 109 Å². The second kappa shape index (κ2) is 5.29. The van der Waals surface area contributed by atoms with Gasteiger partial charge in [-0.3, -0.25) is 0 Å². The molecule has 1 saturated heterocycles. The largest absolute Gasteiger partial charge is 0.377 e. The zero-order valence-electron chi connectivity index (χ0n) is 11.1. The molecule has 3 rings (SSSR count). The molecule has 1 N–H and O–H groups in total. The quantitative estimate of drug-likeness (QED) is 0.881. The fraction of sp³-hybridized carbons (Fsp3) is 0.600. The molecule has 0 bridgehead atoms. The van der Waals surface area contributed by atoms with E-state index in [1.54, 1.807) is 0 Å². The van der Waals surface area contributed by atoms with Crippen molar-refractivity contribution in [1.82, 2.24) is 5.32 Å². The third kappa shape index (κ3) is 2.85. The normalized spacial score (nSPS) is 24.3. The highest BCUT2D eigenvalue weighted by molar-refractivity contribution is 5.48. The second-order valence-electron chi connectivity index (χ2n) is 5.44. The van der Waals surface area contributed by atoms with E-state index in [0.717, 1.165) is 32.3 Å². The lowest BCUT2D eigenvalue weighted by Crippen LogP contribution is -2.43. The van der Waals surface area contributed by atoms with Crippen LogP contribution >= 0.6 is 0 Å². The summed E-state index contributed by atoms with van der Waals surface area (Å²) in [7, 11) is 0. The Kier molecular flexibility index (Phi) is 3.52. The maximum atomic E-state index is 5.48. The minimum atomic E-state index is 0.481. The first kappa shape index (κ1) is 12.0. The average Bonchev–Trinajstić information content (AvgIpc) is 3.22. The van der Waals surface area contributed by atoms with Crippen molar-refractivity contribution in [2.24, 2.45) is 0 Å². The Morgan fingerprint density at radius 2 is 2.06 bits per heavy atom. The maximum absolute atomic E-state index is 5.48. The fourth-order valence-corrected chi connectivity index (χ4v) is 2.47. The van der Waals surface area contributed by atoms with E-state index in [2.05, 4.69) is 41.4 Å². The molecule has 1 saturated carbocycles. The van der Waals surface area contributed by atoms with Crippen LogP contribution in [0.1, 0.15) is 25.3 Å². The van der Waals surface area contributed by atoms with Crippen molar-refractivity contribution in [3.63, 3.8) is 0 Å². The van der Waals surface area contributed by atoms with E-state index in [1.807, 2.05) is 0 Å². The number of nitrogens with one attached hydrogen (secondary N) is 1. The van der Waals surface area contributed by atoms with E-state index < -0.39 is 0 Å². The standard InChI is InChI=1S/C15H22N2O/c1-12-11-18-9-8-17(12)15-6-2-13(3-7-15)10-16-14-4-5-14/h2-3,6-7,12,14,16H,4-5,8-11H2,1H3. The first-order chi connectivity index (χ1) is 8.83. The maximum Gasteiger partial charge on any atom is 0.0668 e. The molecule has 1 aromatic carbocycles. The molecule has 1 aliphatic heterocycles. The molecule has 2 fully saturated rings. The summed E-state index contributed by atoms with van der Waals surface area (Å²) in [5.74, 6) is 0. The lowest BCUT2D eigenvalue weighted by Gasteiger charge is -2.35. The van der Waals surface area contributed by atoms with Crippen LogP contribution in [0.3, 0.4) is 0 Å². The van der Waals surface area contributed by atoms with Gasteiger partial charge in [0.15, 0.2) is 0 Å². The van der Waals surface area contributed by atoms with Crippen molar-refractivity contribution in [2.45, 2.75) is 38.4 Å². The lowest BCUT2D eigenvalue weighted by molar-refractivity contribution is 0.0989. The van der Waals surface area contributed by atoms with E-state index in [9.17, 15) is 0 Å². The van der Waals surface area contributed by atoms with Gasteiger partial charge in [0.25, 0.3) is 0 Å². The number of hydrogen-bond acceptors (Lipinski definition) is 3. The van der Waals surface area contributed by atoms with Gasteiger partial charge in [-0.05, 0) is 37.5 Å². The number of ether oxygens (including phenoxy) is 1. The van der Waals surface area contributed by atoms with Gasteiger partial charge in [0.2, 0.25) is 0 Å². The molecule has 0 radical (unpaired) electrons. The van der Waals surface area contributed by atoms with E-state index in [-0.39, 0.29) is 0 Å². The second-order valence-corrected chi connectivity index (χ2v) is 5.44. The van der Waals surface area contributed by atoms with Gasteiger partial charge in [-0.1, -0.05) is 12.1 Å². The van der Waals surface area contributed by atoms with Gasteiger partial charge >= 0.3 is 0 Å². The zero-order valence-corrected chi connectivity index (χ0v) is 11.1. The minimum Gasteiger partial charge on any atom is -0.377 e. The molecule has 3 nitrogen and oxygen atoms in total. The molecule has 1 atom stereocenters. The summed E-state index contributed by atoms with van der Waals surface area (Å²) in [6, 6.07) is 10.2. The van der Waals surface area contributed by atoms with Gasteiger partial charge in [0.05, 0.1) is 13.2 Å². The van der Waals surface area contributed by atoms with Gasteiger partial charge in [-0.2, -0.15) is 0 Å². The van der Waals surface area contributed by atoms with Gasteiger partial charge < -0.3 is 15.0 Å². The molecule has 1 heterocycles. The van der Waals surface area contributed by atoms with Crippen LogP contribution in [-0.2, 0) is 11.3 Å². The molecule has 18 heavy (non-hydrogen) atoms. The molecule has 98 valence electrons. The molecule has 1 aliphatic carbocycles. The molecular formula is C15H22N2O. The number of nitrogens with zero attached hydrogens (tertiary/aromatic N) is 1. The van der Waals surface area contributed by atoms with Crippen molar-refractivity contribution in [3.05, 3.63) is 29.8 Å². The predicted molar refractivity (Wildman–Crippen MR) is 73.9 cm³/mol. The first-order valence-electron chi connectivity index (χ1n) is 6.99. The van der Waals surface area contributed by atoms with Crippen LogP contribution in [-0.4, -0.2) is 31.8 Å². The van der Waals surface area contributed by atoms with Gasteiger partial charge in [0.1, 0.15) is 0 Å². The van der Waals surface area contributed by atoms with Crippen LogP contribution in [0.15, 0.2) is 24.3 Å². The summed E-state index contributed by atoms with van der Waals surface area (Å²) < 4.78 is 5.48. The van der Waals surface area contributed by atoms with Gasteiger partial charge in [-0.25, -0.2) is 0 Å². The number of hydrogen-bond donors (Lipinski definition) is 1. The van der Waals surface area contributed by atoms with E-state index in [0.29, 0.717) is 6.04 Å². The summed E-state index contributed by atoms with van der Waals surface area (Å²) in [5.41, 5.74) is 2.70. The van der Waals surface area contributed by atoms with Crippen molar-refractivity contribution < 1.29 is 4.74 Å². The highest BCUT2D eigenvalue weighted by Gasteiger charge is 2.20. The lowest BCUT2D eigenvalue weighted by atomic mass is 10.1. The van der Waals surface area contributed by atoms with Crippen molar-refractivity contribution in [1.29, 1.82) is 0 Å². The van der Waals surface area contributed by atoms with Crippen LogP contribution in [0.5, 0.6) is 0 Å². The third-order valence-corrected chi connectivity index (χ3v) is 3.81. The first-order valence-corrected chi connectivity index (χ1v) is 6.99. The SMILES string of the molecule is CC1COCCN1c1ccc(CNC2CC2)cc1. The van der Waals surface area contributed by atoms with E-state index >= 15 is 0 Å². The topological polar surface area (TPSA) is 24.5 Å². The highest BCUT2D eigenvalue weighted by atomic mass is 16.5. The summed E-state index contributed by atoms with van der Waals surface area (Å²) >= 11 is 0. The summed E-state index contributed by atoms with van der Waals surface area (Å²) in [6.07, 6.45) is 2.70. The highest BCUT2D eigenvalue weighted by Crippen LogP contribution is 2.22. The third-order valence-electron chi connectivity index (χ3n) is 3.81. The van der Waals surface area contributed by atoms with Crippen LogP contribution in [0.2, 0.25) is 0 Å². The minimum absolute atomic E-state index is 0.481. The smallest absolute Gasteiger partial charge is 0.0668 e. The number of rotatable bonds is 4. The molecule has 1 aromatic rings. The molecular weight excluding hydrogens is 224 g/mol. The number of morpholine rings is 1. The monoisotopic (exact) mass is 246 g/mol. The molecule has 1 unspecified atom stereocenters. The molecule has 0 aromatic heterocycles. The summed E-state index contributed by atoms with van der Waals surface area (Å²) in [5, 5.41) is 3.55.